The van der Waals surface area contributed by atoms with Crippen LogP contribution in [0.5, 0.6) is 0 Å². The predicted octanol–water partition coefficient (Wildman–Crippen LogP) is 3.39. The first-order chi connectivity index (χ1) is 10.7. The lowest BCUT2D eigenvalue weighted by molar-refractivity contribution is -0.141. The van der Waals surface area contributed by atoms with E-state index in [-0.39, 0.29) is 12.6 Å². The fourth-order valence-electron chi connectivity index (χ4n) is 2.79. The molecule has 0 saturated carbocycles. The van der Waals surface area contributed by atoms with Gasteiger partial charge < -0.3 is 15.3 Å². The zero-order valence-electron chi connectivity index (χ0n) is 13.1. The number of amides is 2. The lowest BCUT2D eigenvalue weighted by Crippen LogP contribution is -2.44. The van der Waals surface area contributed by atoms with Crippen molar-refractivity contribution in [2.45, 2.75) is 25.7 Å². The maximum Gasteiger partial charge on any atom is 0.317 e. The number of nitrogens with one attached hydrogen (secondary N) is 1. The Balaban J connectivity index is 2.00. The Labute approximate surface area is 145 Å². The highest BCUT2D eigenvalue weighted by molar-refractivity contribution is 6.36. The molecule has 126 valence electrons. The first kappa shape index (κ1) is 17.9. The summed E-state index contributed by atoms with van der Waals surface area (Å²) in [5, 5.41) is 13.0. The van der Waals surface area contributed by atoms with Gasteiger partial charge in [0.25, 0.3) is 0 Å². The Hall–Kier alpha value is -1.46. The van der Waals surface area contributed by atoms with Crippen LogP contribution in [0.3, 0.4) is 0 Å². The normalized spacial score (nSPS) is 18.1. The highest BCUT2D eigenvalue weighted by Crippen LogP contribution is 2.35. The molecule has 1 fully saturated rings. The summed E-state index contributed by atoms with van der Waals surface area (Å²) in [5.41, 5.74) is 0.338. The topological polar surface area (TPSA) is 69.6 Å². The highest BCUT2D eigenvalue weighted by Gasteiger charge is 2.32. The predicted molar refractivity (Wildman–Crippen MR) is 90.2 cm³/mol. The van der Waals surface area contributed by atoms with E-state index >= 15 is 0 Å². The van der Waals surface area contributed by atoms with E-state index in [1.807, 2.05) is 13.8 Å². The Morgan fingerprint density at radius 2 is 1.96 bits per heavy atom. The van der Waals surface area contributed by atoms with Crippen LogP contribution in [-0.2, 0) is 10.2 Å². The Morgan fingerprint density at radius 3 is 2.48 bits per heavy atom. The SMILES string of the molecule is CC(C)(CNC(=O)N1CCC(C(=O)O)C1)c1c(Cl)cccc1Cl. The van der Waals surface area contributed by atoms with E-state index in [0.717, 1.165) is 5.56 Å². The van der Waals surface area contributed by atoms with E-state index in [4.69, 9.17) is 28.3 Å². The summed E-state index contributed by atoms with van der Waals surface area (Å²) < 4.78 is 0. The molecular weight excluding hydrogens is 339 g/mol. The molecule has 0 spiro atoms. The number of carboxylic acid groups (broad SMARTS) is 1. The third kappa shape index (κ3) is 4.09. The summed E-state index contributed by atoms with van der Waals surface area (Å²) in [6, 6.07) is 5.05. The van der Waals surface area contributed by atoms with Gasteiger partial charge in [0, 0.05) is 35.1 Å². The number of rotatable bonds is 4. The molecular formula is C16H20Cl2N2O3. The lowest BCUT2D eigenvalue weighted by Gasteiger charge is -2.29. The van der Waals surface area contributed by atoms with Crippen molar-refractivity contribution in [3.8, 4) is 0 Å². The van der Waals surface area contributed by atoms with Gasteiger partial charge >= 0.3 is 12.0 Å². The number of urea groups is 1. The summed E-state index contributed by atoms with van der Waals surface area (Å²) in [5.74, 6) is -1.34. The molecule has 1 aromatic rings. The van der Waals surface area contributed by atoms with E-state index in [1.165, 1.54) is 4.90 Å². The molecule has 1 heterocycles. The van der Waals surface area contributed by atoms with Gasteiger partial charge in [0.05, 0.1) is 5.92 Å². The van der Waals surface area contributed by atoms with Crippen LogP contribution in [0.4, 0.5) is 4.79 Å². The number of hydrogen-bond acceptors (Lipinski definition) is 2. The summed E-state index contributed by atoms with van der Waals surface area (Å²) in [4.78, 5) is 24.7. The minimum atomic E-state index is -0.858. The van der Waals surface area contributed by atoms with E-state index in [9.17, 15) is 9.59 Å². The number of carboxylic acids is 1. The number of aliphatic carboxylic acids is 1. The second-order valence-corrected chi connectivity index (χ2v) is 7.22. The Morgan fingerprint density at radius 1 is 1.35 bits per heavy atom. The molecule has 2 N–H and O–H groups in total. The Kier molecular flexibility index (Phi) is 5.42. The van der Waals surface area contributed by atoms with E-state index in [0.29, 0.717) is 29.6 Å². The van der Waals surface area contributed by atoms with Crippen LogP contribution >= 0.6 is 23.2 Å². The fourth-order valence-corrected chi connectivity index (χ4v) is 3.70. The molecule has 23 heavy (non-hydrogen) atoms. The highest BCUT2D eigenvalue weighted by atomic mass is 35.5. The van der Waals surface area contributed by atoms with Gasteiger partial charge in [-0.15, -0.1) is 0 Å². The van der Waals surface area contributed by atoms with Crippen LogP contribution in [0, 0.1) is 5.92 Å². The van der Waals surface area contributed by atoms with Crippen molar-refractivity contribution in [2.75, 3.05) is 19.6 Å². The second-order valence-electron chi connectivity index (χ2n) is 6.41. The van der Waals surface area contributed by atoms with Crippen molar-refractivity contribution in [1.82, 2.24) is 10.2 Å². The number of nitrogens with zero attached hydrogens (tertiary/aromatic N) is 1. The van der Waals surface area contributed by atoms with Gasteiger partial charge in [-0.05, 0) is 24.1 Å². The van der Waals surface area contributed by atoms with Gasteiger partial charge in [0.2, 0.25) is 0 Å². The average Bonchev–Trinajstić information content (AvgIpc) is 2.94. The zero-order valence-corrected chi connectivity index (χ0v) is 14.6. The first-order valence-electron chi connectivity index (χ1n) is 7.42. The smallest absolute Gasteiger partial charge is 0.317 e. The summed E-state index contributed by atoms with van der Waals surface area (Å²) >= 11 is 12.5. The fraction of sp³-hybridized carbons (Fsp3) is 0.500. The zero-order chi connectivity index (χ0) is 17.2. The van der Waals surface area contributed by atoms with Gasteiger partial charge in [-0.2, -0.15) is 0 Å². The van der Waals surface area contributed by atoms with Crippen molar-refractivity contribution >= 4 is 35.2 Å². The minimum absolute atomic E-state index is 0.244. The van der Waals surface area contributed by atoms with Crippen LogP contribution in [0.1, 0.15) is 25.8 Å². The second kappa shape index (κ2) is 6.97. The van der Waals surface area contributed by atoms with Crippen LogP contribution in [0.2, 0.25) is 10.0 Å². The number of benzene rings is 1. The van der Waals surface area contributed by atoms with Crippen LogP contribution in [-0.4, -0.2) is 41.6 Å². The van der Waals surface area contributed by atoms with Gasteiger partial charge in [-0.25, -0.2) is 4.79 Å². The van der Waals surface area contributed by atoms with Gasteiger partial charge in [-0.1, -0.05) is 43.1 Å². The molecule has 1 aliphatic heterocycles. The molecule has 0 bridgehead atoms. The van der Waals surface area contributed by atoms with Crippen LogP contribution in [0.25, 0.3) is 0 Å². The Bertz CT molecular complexity index is 599. The standard InChI is InChI=1S/C16H20Cl2N2O3/c1-16(2,13-11(17)4-3-5-12(13)18)9-19-15(23)20-7-6-10(8-20)14(21)22/h3-5,10H,6-9H2,1-2H3,(H,19,23)(H,21,22). The van der Waals surface area contributed by atoms with Gasteiger partial charge in [0.1, 0.15) is 0 Å². The maximum absolute atomic E-state index is 12.2. The van der Waals surface area contributed by atoms with Gasteiger partial charge in [-0.3, -0.25) is 4.79 Å². The monoisotopic (exact) mass is 358 g/mol. The van der Waals surface area contributed by atoms with Crippen molar-refractivity contribution in [3.05, 3.63) is 33.8 Å². The van der Waals surface area contributed by atoms with Crippen molar-refractivity contribution in [3.63, 3.8) is 0 Å². The molecule has 2 rings (SSSR count). The van der Waals surface area contributed by atoms with Crippen LogP contribution < -0.4 is 5.32 Å². The molecule has 0 aromatic heterocycles. The van der Waals surface area contributed by atoms with Gasteiger partial charge in [0.15, 0.2) is 0 Å². The lowest BCUT2D eigenvalue weighted by atomic mass is 9.84. The largest absolute Gasteiger partial charge is 0.481 e. The molecule has 5 nitrogen and oxygen atoms in total. The van der Waals surface area contributed by atoms with E-state index in [1.54, 1.807) is 18.2 Å². The number of hydrogen-bond donors (Lipinski definition) is 2. The molecule has 1 aliphatic rings. The number of carbonyl (C=O) groups is 2. The molecule has 1 aromatic carbocycles. The molecule has 1 atom stereocenters. The van der Waals surface area contributed by atoms with Crippen molar-refractivity contribution in [2.24, 2.45) is 5.92 Å². The van der Waals surface area contributed by atoms with Crippen molar-refractivity contribution in [1.29, 1.82) is 0 Å². The molecule has 2 amide bonds. The number of halogens is 2. The van der Waals surface area contributed by atoms with Crippen LogP contribution in [0.15, 0.2) is 18.2 Å². The number of likely N-dealkylation sites (tertiary alicyclic amines) is 1. The minimum Gasteiger partial charge on any atom is -0.481 e. The molecule has 0 radical (unpaired) electrons. The van der Waals surface area contributed by atoms with E-state index in [2.05, 4.69) is 5.32 Å². The van der Waals surface area contributed by atoms with E-state index < -0.39 is 17.3 Å². The quantitative estimate of drug-likeness (QED) is 0.866. The summed E-state index contributed by atoms with van der Waals surface area (Å²) in [7, 11) is 0. The summed E-state index contributed by atoms with van der Waals surface area (Å²) in [6.07, 6.45) is 0.489. The first-order valence-corrected chi connectivity index (χ1v) is 8.18. The average molecular weight is 359 g/mol. The number of carbonyl (C=O) groups excluding carboxylic acids is 1. The molecule has 7 heteroatoms. The molecule has 1 unspecified atom stereocenters. The molecule has 0 aliphatic carbocycles. The third-order valence-corrected chi connectivity index (χ3v) is 4.78. The summed E-state index contributed by atoms with van der Waals surface area (Å²) in [6.45, 7) is 4.95. The maximum atomic E-state index is 12.2. The third-order valence-electron chi connectivity index (χ3n) is 4.15. The van der Waals surface area contributed by atoms with Crippen molar-refractivity contribution < 1.29 is 14.7 Å². The molecule has 1 saturated heterocycles.